The molecule has 1 heterocycles. The highest BCUT2D eigenvalue weighted by Gasteiger charge is 2.26. The van der Waals surface area contributed by atoms with Crippen molar-refractivity contribution in [2.24, 2.45) is 0 Å². The van der Waals surface area contributed by atoms with E-state index in [9.17, 15) is 9.59 Å². The second-order valence-electron chi connectivity index (χ2n) is 5.22. The number of hydrogen-bond acceptors (Lipinski definition) is 3. The Kier molecular flexibility index (Phi) is 3.49. The predicted octanol–water partition coefficient (Wildman–Crippen LogP) is 3.45. The average molecular weight is 324 g/mol. The average Bonchev–Trinajstić information content (AvgIpc) is 2.68. The Morgan fingerprint density at radius 2 is 1.95 bits per heavy atom. The summed E-state index contributed by atoms with van der Waals surface area (Å²) in [6.45, 7) is 5.18. The molecule has 0 fully saturated rings. The van der Waals surface area contributed by atoms with Crippen LogP contribution in [-0.2, 0) is 9.53 Å². The molecule has 19 heavy (non-hydrogen) atoms. The number of Topliss-reactive ketones (excluding diaryl/α,β-unsaturated/α-hetero) is 1. The van der Waals surface area contributed by atoms with Gasteiger partial charge in [-0.15, -0.1) is 0 Å². The maximum atomic E-state index is 12.1. The van der Waals surface area contributed by atoms with Gasteiger partial charge >= 0.3 is 5.97 Å². The second-order valence-corrected chi connectivity index (χ2v) is 6.14. The van der Waals surface area contributed by atoms with Gasteiger partial charge in [0.05, 0.1) is 5.56 Å². The molecule has 1 N–H and O–H groups in total. The highest BCUT2D eigenvalue weighted by atomic mass is 79.9. The van der Waals surface area contributed by atoms with Crippen LogP contribution in [0.3, 0.4) is 0 Å². The van der Waals surface area contributed by atoms with Crippen molar-refractivity contribution in [3.05, 3.63) is 34.4 Å². The van der Waals surface area contributed by atoms with Gasteiger partial charge in [-0.05, 0) is 39.0 Å². The monoisotopic (exact) mass is 323 g/mol. The summed E-state index contributed by atoms with van der Waals surface area (Å²) in [6.07, 6.45) is 1.53. The van der Waals surface area contributed by atoms with Gasteiger partial charge in [-0.3, -0.25) is 4.79 Å². The minimum Gasteiger partial charge on any atom is -0.454 e. The minimum absolute atomic E-state index is 0.325. The summed E-state index contributed by atoms with van der Waals surface area (Å²) in [5, 5.41) is 0.699. The molecule has 1 aromatic carbocycles. The molecule has 0 aliphatic rings. The van der Waals surface area contributed by atoms with Crippen LogP contribution in [-0.4, -0.2) is 22.3 Å². The van der Waals surface area contributed by atoms with Gasteiger partial charge in [0.1, 0.15) is 5.60 Å². The first kappa shape index (κ1) is 13.8. The molecule has 0 aliphatic heterocycles. The Morgan fingerprint density at radius 3 is 2.58 bits per heavy atom. The van der Waals surface area contributed by atoms with Crippen LogP contribution in [0.25, 0.3) is 10.9 Å². The van der Waals surface area contributed by atoms with Crippen molar-refractivity contribution in [3.63, 3.8) is 0 Å². The third kappa shape index (κ3) is 3.04. The van der Waals surface area contributed by atoms with E-state index < -0.39 is 17.4 Å². The van der Waals surface area contributed by atoms with Crippen LogP contribution in [0.5, 0.6) is 0 Å². The van der Waals surface area contributed by atoms with Gasteiger partial charge in [0.2, 0.25) is 0 Å². The molecule has 0 saturated heterocycles. The largest absolute Gasteiger partial charge is 0.454 e. The van der Waals surface area contributed by atoms with E-state index in [2.05, 4.69) is 20.9 Å². The standard InChI is InChI=1S/C14H14BrNO3/c1-14(2,3)19-13(18)12(17)10-7-16-11-5-4-8(15)6-9(10)11/h4-7,16H,1-3H3. The Labute approximate surface area is 119 Å². The molecule has 0 aliphatic carbocycles. The van der Waals surface area contributed by atoms with E-state index in [1.807, 2.05) is 12.1 Å². The molecule has 5 heteroatoms. The first-order valence-electron chi connectivity index (χ1n) is 5.82. The van der Waals surface area contributed by atoms with Gasteiger partial charge in [0.15, 0.2) is 0 Å². The molecule has 4 nitrogen and oxygen atoms in total. The maximum absolute atomic E-state index is 12.1. The molecule has 0 atom stereocenters. The fourth-order valence-electron chi connectivity index (χ4n) is 1.72. The number of rotatable bonds is 2. The summed E-state index contributed by atoms with van der Waals surface area (Å²) in [5.74, 6) is -1.48. The molecular weight excluding hydrogens is 310 g/mol. The normalized spacial score (nSPS) is 11.6. The molecule has 2 rings (SSSR count). The zero-order valence-electron chi connectivity index (χ0n) is 10.9. The van der Waals surface area contributed by atoms with Crippen LogP contribution in [0.2, 0.25) is 0 Å². The van der Waals surface area contributed by atoms with Crippen LogP contribution in [0.15, 0.2) is 28.9 Å². The second kappa shape index (κ2) is 4.81. The summed E-state index contributed by atoms with van der Waals surface area (Å²) >= 11 is 3.34. The lowest BCUT2D eigenvalue weighted by atomic mass is 10.1. The molecule has 2 aromatic rings. The molecule has 0 saturated carbocycles. The van der Waals surface area contributed by atoms with E-state index >= 15 is 0 Å². The van der Waals surface area contributed by atoms with E-state index in [0.29, 0.717) is 10.9 Å². The van der Waals surface area contributed by atoms with E-state index in [-0.39, 0.29) is 0 Å². The lowest BCUT2D eigenvalue weighted by Gasteiger charge is -2.18. The number of hydrogen-bond donors (Lipinski definition) is 1. The summed E-state index contributed by atoms with van der Waals surface area (Å²) in [6, 6.07) is 5.50. The third-order valence-corrected chi connectivity index (χ3v) is 2.97. The molecule has 1 aromatic heterocycles. The smallest absolute Gasteiger partial charge is 0.380 e. The number of esters is 1. The van der Waals surface area contributed by atoms with E-state index in [1.165, 1.54) is 6.20 Å². The quantitative estimate of drug-likeness (QED) is 0.523. The SMILES string of the molecule is CC(C)(C)OC(=O)C(=O)c1c[nH]c2ccc(Br)cc12. The van der Waals surface area contributed by atoms with Crippen LogP contribution < -0.4 is 0 Å². The molecule has 0 spiro atoms. The van der Waals surface area contributed by atoms with Crippen molar-refractivity contribution in [3.8, 4) is 0 Å². The Morgan fingerprint density at radius 1 is 1.26 bits per heavy atom. The zero-order valence-corrected chi connectivity index (χ0v) is 12.5. The fraction of sp³-hybridized carbons (Fsp3) is 0.286. The topological polar surface area (TPSA) is 59.2 Å². The van der Waals surface area contributed by atoms with Crippen LogP contribution in [0.4, 0.5) is 0 Å². The number of H-pyrrole nitrogens is 1. The number of aromatic amines is 1. The van der Waals surface area contributed by atoms with Gasteiger partial charge in [-0.1, -0.05) is 15.9 Å². The Bertz CT molecular complexity index is 652. The Balaban J connectivity index is 2.37. The highest BCUT2D eigenvalue weighted by Crippen LogP contribution is 2.23. The number of nitrogens with one attached hydrogen (secondary N) is 1. The predicted molar refractivity (Wildman–Crippen MR) is 76.2 cm³/mol. The van der Waals surface area contributed by atoms with Crippen molar-refractivity contribution >= 4 is 38.6 Å². The lowest BCUT2D eigenvalue weighted by Crippen LogP contribution is -2.28. The zero-order chi connectivity index (χ0) is 14.2. The number of ketones is 1. The summed E-state index contributed by atoms with van der Waals surface area (Å²) < 4.78 is 5.93. The Hall–Kier alpha value is -1.62. The number of aromatic nitrogens is 1. The summed E-state index contributed by atoms with van der Waals surface area (Å²) in [4.78, 5) is 26.9. The molecule has 0 unspecified atom stereocenters. The van der Waals surface area contributed by atoms with Crippen molar-refractivity contribution in [1.29, 1.82) is 0 Å². The molecule has 0 amide bonds. The van der Waals surface area contributed by atoms with Crippen molar-refractivity contribution < 1.29 is 14.3 Å². The highest BCUT2D eigenvalue weighted by molar-refractivity contribution is 9.10. The van der Waals surface area contributed by atoms with Crippen molar-refractivity contribution in [2.45, 2.75) is 26.4 Å². The number of fused-ring (bicyclic) bond motifs is 1. The number of benzene rings is 1. The van der Waals surface area contributed by atoms with E-state index in [1.54, 1.807) is 26.8 Å². The van der Waals surface area contributed by atoms with Crippen molar-refractivity contribution in [1.82, 2.24) is 4.98 Å². The van der Waals surface area contributed by atoms with E-state index in [4.69, 9.17) is 4.74 Å². The summed E-state index contributed by atoms with van der Waals surface area (Å²) in [5.41, 5.74) is 0.444. The molecule has 0 radical (unpaired) electrons. The first-order valence-corrected chi connectivity index (χ1v) is 6.61. The lowest BCUT2D eigenvalue weighted by molar-refractivity contribution is -0.148. The van der Waals surface area contributed by atoms with Crippen LogP contribution >= 0.6 is 15.9 Å². The maximum Gasteiger partial charge on any atom is 0.380 e. The van der Waals surface area contributed by atoms with Gasteiger partial charge in [-0.2, -0.15) is 0 Å². The third-order valence-electron chi connectivity index (χ3n) is 2.47. The number of ether oxygens (including phenoxy) is 1. The van der Waals surface area contributed by atoms with Gasteiger partial charge < -0.3 is 9.72 Å². The van der Waals surface area contributed by atoms with E-state index in [0.717, 1.165) is 9.99 Å². The van der Waals surface area contributed by atoms with Gasteiger partial charge in [-0.25, -0.2) is 4.79 Å². The molecule has 0 bridgehead atoms. The van der Waals surface area contributed by atoms with Crippen LogP contribution in [0.1, 0.15) is 31.1 Å². The molecule has 100 valence electrons. The van der Waals surface area contributed by atoms with Crippen LogP contribution in [0, 0.1) is 0 Å². The van der Waals surface area contributed by atoms with Crippen molar-refractivity contribution in [2.75, 3.05) is 0 Å². The number of halogens is 1. The molecular formula is C14H14BrNO3. The number of carbonyl (C=O) groups excluding carboxylic acids is 2. The van der Waals surface area contributed by atoms with Gasteiger partial charge in [0.25, 0.3) is 5.78 Å². The number of carbonyl (C=O) groups is 2. The summed E-state index contributed by atoms with van der Waals surface area (Å²) in [7, 11) is 0. The van der Waals surface area contributed by atoms with Gasteiger partial charge in [0, 0.05) is 21.6 Å². The fourth-order valence-corrected chi connectivity index (χ4v) is 2.08. The minimum atomic E-state index is -0.839. The first-order chi connectivity index (χ1) is 8.78.